The molecule has 0 aliphatic rings. The summed E-state index contributed by atoms with van der Waals surface area (Å²) in [7, 11) is 1.58. The average molecular weight is 333 g/mol. The fourth-order valence-electron chi connectivity index (χ4n) is 1.35. The van der Waals surface area contributed by atoms with Crippen molar-refractivity contribution in [1.82, 2.24) is 0 Å². The highest BCUT2D eigenvalue weighted by Gasteiger charge is 2.13. The molecule has 0 aromatic heterocycles. The number of benzene rings is 1. The summed E-state index contributed by atoms with van der Waals surface area (Å²) in [5.74, 6) is 1.37. The van der Waals surface area contributed by atoms with E-state index in [-0.39, 0.29) is 5.91 Å². The lowest BCUT2D eigenvalue weighted by atomic mass is 10.2. The SMILES string of the molecule is COc1cc(NC(=O)[C@H](N)CCSC)ccc1Br. The lowest BCUT2D eigenvalue weighted by Crippen LogP contribution is -2.36. The summed E-state index contributed by atoms with van der Waals surface area (Å²) >= 11 is 5.03. The maximum atomic E-state index is 11.8. The first-order valence-electron chi connectivity index (χ1n) is 5.47. The maximum absolute atomic E-state index is 11.8. The van der Waals surface area contributed by atoms with Crippen LogP contribution in [0.25, 0.3) is 0 Å². The number of halogens is 1. The molecule has 0 fully saturated rings. The van der Waals surface area contributed by atoms with E-state index in [1.54, 1.807) is 31.0 Å². The van der Waals surface area contributed by atoms with Gasteiger partial charge in [0.15, 0.2) is 0 Å². The zero-order chi connectivity index (χ0) is 13.5. The molecule has 0 radical (unpaired) electrons. The van der Waals surface area contributed by atoms with E-state index in [2.05, 4.69) is 21.2 Å². The van der Waals surface area contributed by atoms with Crippen molar-refractivity contribution in [2.45, 2.75) is 12.5 Å². The Balaban J connectivity index is 2.64. The summed E-state index contributed by atoms with van der Waals surface area (Å²) in [6.45, 7) is 0. The van der Waals surface area contributed by atoms with Crippen LogP contribution < -0.4 is 15.8 Å². The standard InChI is InChI=1S/C12H17BrN2O2S/c1-17-11-7-8(3-4-9(11)13)15-12(16)10(14)5-6-18-2/h3-4,7,10H,5-6,14H2,1-2H3,(H,15,16)/t10-/m1/s1. The van der Waals surface area contributed by atoms with E-state index < -0.39 is 6.04 Å². The molecule has 1 amide bonds. The van der Waals surface area contributed by atoms with E-state index in [1.807, 2.05) is 12.3 Å². The van der Waals surface area contributed by atoms with Gasteiger partial charge < -0.3 is 15.8 Å². The summed E-state index contributed by atoms with van der Waals surface area (Å²) in [5, 5.41) is 2.78. The van der Waals surface area contributed by atoms with Gasteiger partial charge in [0.2, 0.25) is 5.91 Å². The van der Waals surface area contributed by atoms with Crippen molar-refractivity contribution in [1.29, 1.82) is 0 Å². The minimum Gasteiger partial charge on any atom is -0.495 e. The fourth-order valence-corrected chi connectivity index (χ4v) is 2.25. The van der Waals surface area contributed by atoms with Gasteiger partial charge in [-0.25, -0.2) is 0 Å². The molecule has 0 bridgehead atoms. The number of carbonyl (C=O) groups is 1. The van der Waals surface area contributed by atoms with Gasteiger partial charge in [-0.05, 0) is 46.5 Å². The van der Waals surface area contributed by atoms with E-state index in [0.29, 0.717) is 17.9 Å². The van der Waals surface area contributed by atoms with Crippen LogP contribution in [0.2, 0.25) is 0 Å². The zero-order valence-corrected chi connectivity index (χ0v) is 12.8. The summed E-state index contributed by atoms with van der Waals surface area (Å²) < 4.78 is 6.00. The van der Waals surface area contributed by atoms with Crippen molar-refractivity contribution in [3.63, 3.8) is 0 Å². The molecule has 1 aromatic rings. The molecule has 0 aliphatic carbocycles. The average Bonchev–Trinajstić information content (AvgIpc) is 2.37. The number of nitrogens with two attached hydrogens (primary N) is 1. The van der Waals surface area contributed by atoms with E-state index in [1.165, 1.54) is 0 Å². The summed E-state index contributed by atoms with van der Waals surface area (Å²) in [6.07, 6.45) is 2.66. The molecular formula is C12H17BrN2O2S. The monoisotopic (exact) mass is 332 g/mol. The Hall–Kier alpha value is -0.720. The number of rotatable bonds is 6. The van der Waals surface area contributed by atoms with Gasteiger partial charge in [-0.2, -0.15) is 11.8 Å². The zero-order valence-electron chi connectivity index (χ0n) is 10.4. The third-order valence-corrected chi connectivity index (χ3v) is 3.69. The maximum Gasteiger partial charge on any atom is 0.241 e. The third kappa shape index (κ3) is 4.51. The van der Waals surface area contributed by atoms with Crippen LogP contribution in [0.5, 0.6) is 5.75 Å². The number of anilines is 1. The molecule has 0 aliphatic heterocycles. The van der Waals surface area contributed by atoms with Gasteiger partial charge in [-0.1, -0.05) is 0 Å². The van der Waals surface area contributed by atoms with Gasteiger partial charge in [0, 0.05) is 11.8 Å². The van der Waals surface area contributed by atoms with Gasteiger partial charge >= 0.3 is 0 Å². The van der Waals surface area contributed by atoms with Gasteiger partial charge in [0.25, 0.3) is 0 Å². The molecule has 0 saturated heterocycles. The summed E-state index contributed by atoms with van der Waals surface area (Å²) in [5.41, 5.74) is 6.47. The van der Waals surface area contributed by atoms with Crippen molar-refractivity contribution in [2.75, 3.05) is 24.4 Å². The predicted octanol–water partition coefficient (Wildman–Crippen LogP) is 2.48. The molecule has 18 heavy (non-hydrogen) atoms. The van der Waals surface area contributed by atoms with Crippen molar-refractivity contribution >= 4 is 39.3 Å². The second-order valence-corrected chi connectivity index (χ2v) is 5.57. The summed E-state index contributed by atoms with van der Waals surface area (Å²) in [4.78, 5) is 11.8. The molecule has 0 saturated carbocycles. The molecule has 1 rings (SSSR count). The smallest absolute Gasteiger partial charge is 0.241 e. The lowest BCUT2D eigenvalue weighted by Gasteiger charge is -2.12. The Labute approximate surface area is 120 Å². The number of thioether (sulfide) groups is 1. The topological polar surface area (TPSA) is 64.3 Å². The number of nitrogens with one attached hydrogen (secondary N) is 1. The summed E-state index contributed by atoms with van der Waals surface area (Å²) in [6, 6.07) is 4.89. The number of hydrogen-bond acceptors (Lipinski definition) is 4. The van der Waals surface area contributed by atoms with Crippen LogP contribution in [0.4, 0.5) is 5.69 Å². The number of methoxy groups -OCH3 is 1. The van der Waals surface area contributed by atoms with Crippen LogP contribution in [-0.4, -0.2) is 31.1 Å². The first-order valence-corrected chi connectivity index (χ1v) is 7.66. The molecule has 3 N–H and O–H groups in total. The van der Waals surface area contributed by atoms with Crippen molar-refractivity contribution in [3.05, 3.63) is 22.7 Å². The van der Waals surface area contributed by atoms with Crippen molar-refractivity contribution in [3.8, 4) is 5.75 Å². The van der Waals surface area contributed by atoms with E-state index in [4.69, 9.17) is 10.5 Å². The Morgan fingerprint density at radius 1 is 1.61 bits per heavy atom. The van der Waals surface area contributed by atoms with Crippen molar-refractivity contribution < 1.29 is 9.53 Å². The van der Waals surface area contributed by atoms with Gasteiger partial charge in [-0.3, -0.25) is 4.79 Å². The Morgan fingerprint density at radius 3 is 2.94 bits per heavy atom. The van der Waals surface area contributed by atoms with Crippen molar-refractivity contribution in [2.24, 2.45) is 5.73 Å². The minimum atomic E-state index is -0.480. The highest BCUT2D eigenvalue weighted by atomic mass is 79.9. The molecular weight excluding hydrogens is 316 g/mol. The Morgan fingerprint density at radius 2 is 2.33 bits per heavy atom. The molecule has 0 unspecified atom stereocenters. The second kappa shape index (κ2) is 7.66. The number of amides is 1. The largest absolute Gasteiger partial charge is 0.495 e. The number of carbonyl (C=O) groups excluding carboxylic acids is 1. The number of hydrogen-bond donors (Lipinski definition) is 2. The normalized spacial score (nSPS) is 12.0. The third-order valence-electron chi connectivity index (χ3n) is 2.39. The van der Waals surface area contributed by atoms with Crippen LogP contribution in [-0.2, 0) is 4.79 Å². The van der Waals surface area contributed by atoms with E-state index in [9.17, 15) is 4.79 Å². The van der Waals surface area contributed by atoms with Crippen LogP contribution >= 0.6 is 27.7 Å². The van der Waals surface area contributed by atoms with Crippen LogP contribution in [0.3, 0.4) is 0 Å². The van der Waals surface area contributed by atoms with Crippen LogP contribution in [0.15, 0.2) is 22.7 Å². The molecule has 0 heterocycles. The molecule has 0 spiro atoms. The Bertz CT molecular complexity index is 415. The quantitative estimate of drug-likeness (QED) is 0.839. The van der Waals surface area contributed by atoms with E-state index in [0.717, 1.165) is 10.2 Å². The second-order valence-electron chi connectivity index (χ2n) is 3.73. The van der Waals surface area contributed by atoms with Crippen LogP contribution in [0, 0.1) is 0 Å². The highest BCUT2D eigenvalue weighted by Crippen LogP contribution is 2.27. The minimum absolute atomic E-state index is 0.173. The van der Waals surface area contributed by atoms with Gasteiger partial charge in [0.1, 0.15) is 5.75 Å². The highest BCUT2D eigenvalue weighted by molar-refractivity contribution is 9.10. The Kier molecular flexibility index (Phi) is 6.52. The first kappa shape index (κ1) is 15.3. The molecule has 100 valence electrons. The van der Waals surface area contributed by atoms with Gasteiger partial charge in [0.05, 0.1) is 17.6 Å². The van der Waals surface area contributed by atoms with Crippen LogP contribution in [0.1, 0.15) is 6.42 Å². The lowest BCUT2D eigenvalue weighted by molar-refractivity contribution is -0.117. The molecule has 1 atom stereocenters. The molecule has 4 nitrogen and oxygen atoms in total. The first-order chi connectivity index (χ1) is 8.58. The molecule has 1 aromatic carbocycles. The van der Waals surface area contributed by atoms with Gasteiger partial charge in [-0.15, -0.1) is 0 Å². The van der Waals surface area contributed by atoms with E-state index >= 15 is 0 Å². The number of ether oxygens (including phenoxy) is 1. The fraction of sp³-hybridized carbons (Fsp3) is 0.417. The molecule has 6 heteroatoms. The predicted molar refractivity (Wildman–Crippen MR) is 80.3 cm³/mol.